The quantitative estimate of drug-likeness (QED) is 0.382. The zero-order chi connectivity index (χ0) is 22.9. The van der Waals surface area contributed by atoms with Crippen LogP contribution < -0.4 is 0 Å². The normalized spacial score (nSPS) is 16.0. The molecule has 32 heavy (non-hydrogen) atoms. The van der Waals surface area contributed by atoms with Gasteiger partial charge in [0.2, 0.25) is 0 Å². The van der Waals surface area contributed by atoms with Crippen LogP contribution in [0.3, 0.4) is 0 Å². The van der Waals surface area contributed by atoms with E-state index < -0.39 is 0 Å². The number of unbranched alkanes of at least 4 members (excludes halogenated alkanes) is 1. The Hall–Kier alpha value is -2.93. The van der Waals surface area contributed by atoms with Gasteiger partial charge in [0, 0.05) is 29.8 Å². The molecule has 3 rings (SSSR count). The summed E-state index contributed by atoms with van der Waals surface area (Å²) in [6.07, 6.45) is 13.8. The highest BCUT2D eigenvalue weighted by Crippen LogP contribution is 2.23. The number of rotatable bonds is 10. The summed E-state index contributed by atoms with van der Waals surface area (Å²) in [6, 6.07) is 3.99. The lowest BCUT2D eigenvalue weighted by atomic mass is 9.96. The molecule has 170 valence electrons. The summed E-state index contributed by atoms with van der Waals surface area (Å²) in [5.41, 5.74) is 2.57. The maximum absolute atomic E-state index is 12.5. The van der Waals surface area contributed by atoms with E-state index in [9.17, 15) is 9.59 Å². The number of nitrogens with zero attached hydrogens (tertiary/aromatic N) is 2. The summed E-state index contributed by atoms with van der Waals surface area (Å²) in [5, 5.41) is 2.00. The first kappa shape index (κ1) is 23.7. The number of aryl methyl sites for hydroxylation is 1. The fraction of sp³-hybridized carbons (Fsp3) is 0.400. The van der Waals surface area contributed by atoms with Crippen molar-refractivity contribution >= 4 is 29.4 Å². The lowest BCUT2D eigenvalue weighted by Gasteiger charge is -2.17. The predicted octanol–water partition coefficient (Wildman–Crippen LogP) is 4.76. The molecule has 2 heterocycles. The van der Waals surface area contributed by atoms with Crippen LogP contribution in [0.4, 0.5) is 0 Å². The van der Waals surface area contributed by atoms with Gasteiger partial charge in [-0.1, -0.05) is 37.6 Å². The summed E-state index contributed by atoms with van der Waals surface area (Å²) in [4.78, 5) is 30.0. The molecule has 0 saturated heterocycles. The van der Waals surface area contributed by atoms with Gasteiger partial charge in [0.1, 0.15) is 5.82 Å². The van der Waals surface area contributed by atoms with E-state index >= 15 is 0 Å². The lowest BCUT2D eigenvalue weighted by Crippen LogP contribution is -2.16. The smallest absolute Gasteiger partial charge is 0.334 e. The third kappa shape index (κ3) is 6.07. The van der Waals surface area contributed by atoms with Gasteiger partial charge in [0.05, 0.1) is 32.0 Å². The molecule has 1 unspecified atom stereocenters. The minimum absolute atomic E-state index is 0.220. The number of carbonyl (C=O) groups is 2. The molecule has 1 aliphatic carbocycles. The fourth-order valence-corrected chi connectivity index (χ4v) is 4.37. The van der Waals surface area contributed by atoms with Gasteiger partial charge in [0.15, 0.2) is 0 Å². The van der Waals surface area contributed by atoms with Gasteiger partial charge in [-0.25, -0.2) is 9.78 Å². The van der Waals surface area contributed by atoms with E-state index in [0.29, 0.717) is 25.0 Å². The van der Waals surface area contributed by atoms with Crippen molar-refractivity contribution in [3.63, 3.8) is 0 Å². The number of carbonyl (C=O) groups excluding carboxylic acids is 2. The Bertz CT molecular complexity index is 1010. The average molecular weight is 455 g/mol. The van der Waals surface area contributed by atoms with Crippen LogP contribution in [0.1, 0.15) is 42.6 Å². The van der Waals surface area contributed by atoms with Crippen molar-refractivity contribution in [2.75, 3.05) is 14.2 Å². The third-order valence-corrected chi connectivity index (χ3v) is 6.34. The van der Waals surface area contributed by atoms with Crippen LogP contribution in [-0.2, 0) is 38.4 Å². The van der Waals surface area contributed by atoms with Crippen molar-refractivity contribution in [3.8, 4) is 0 Å². The molecular formula is C25H30N2O4S. The molecule has 7 heteroatoms. The van der Waals surface area contributed by atoms with E-state index in [4.69, 9.17) is 9.47 Å². The number of aromatic nitrogens is 2. The maximum atomic E-state index is 12.5. The highest BCUT2D eigenvalue weighted by Gasteiger charge is 2.19. The molecule has 0 spiro atoms. The van der Waals surface area contributed by atoms with Crippen molar-refractivity contribution in [2.24, 2.45) is 5.92 Å². The molecule has 0 aromatic carbocycles. The first-order valence-electron chi connectivity index (χ1n) is 10.9. The van der Waals surface area contributed by atoms with Gasteiger partial charge >= 0.3 is 11.9 Å². The Labute approximate surface area is 193 Å². The van der Waals surface area contributed by atoms with Gasteiger partial charge < -0.3 is 14.0 Å². The second kappa shape index (κ2) is 11.6. The van der Waals surface area contributed by atoms with E-state index in [2.05, 4.69) is 22.6 Å². The van der Waals surface area contributed by atoms with Crippen LogP contribution in [0.2, 0.25) is 0 Å². The summed E-state index contributed by atoms with van der Waals surface area (Å²) >= 11 is 1.62. The molecule has 0 radical (unpaired) electrons. The molecule has 0 saturated carbocycles. The van der Waals surface area contributed by atoms with Crippen LogP contribution in [0.5, 0.6) is 0 Å². The summed E-state index contributed by atoms with van der Waals surface area (Å²) in [7, 11) is 2.82. The molecule has 0 fully saturated rings. The Morgan fingerprint density at radius 3 is 2.78 bits per heavy atom. The predicted molar refractivity (Wildman–Crippen MR) is 126 cm³/mol. The molecule has 0 amide bonds. The van der Waals surface area contributed by atoms with Gasteiger partial charge in [-0.05, 0) is 35.9 Å². The zero-order valence-corrected chi connectivity index (χ0v) is 19.7. The molecule has 1 aliphatic rings. The van der Waals surface area contributed by atoms with Gasteiger partial charge in [-0.2, -0.15) is 0 Å². The SMILES string of the molecule is CCCCc1ncc(/C=C(\Cc2cccs2)C(=O)OC)n1CC1=CCC(C(=O)OC)C=C1. The molecule has 6 nitrogen and oxygen atoms in total. The van der Waals surface area contributed by atoms with Gasteiger partial charge in [-0.3, -0.25) is 4.79 Å². The number of imidazole rings is 1. The Morgan fingerprint density at radius 1 is 1.31 bits per heavy atom. The maximum Gasteiger partial charge on any atom is 0.334 e. The van der Waals surface area contributed by atoms with Crippen molar-refractivity contribution in [3.05, 3.63) is 69.5 Å². The van der Waals surface area contributed by atoms with E-state index in [0.717, 1.165) is 41.2 Å². The Morgan fingerprint density at radius 2 is 2.16 bits per heavy atom. The fourth-order valence-electron chi connectivity index (χ4n) is 3.64. The van der Waals surface area contributed by atoms with Crippen LogP contribution in [-0.4, -0.2) is 35.7 Å². The number of hydrogen-bond acceptors (Lipinski definition) is 6. The van der Waals surface area contributed by atoms with Crippen LogP contribution in [0, 0.1) is 5.92 Å². The Kier molecular flexibility index (Phi) is 8.62. The van der Waals surface area contributed by atoms with Crippen LogP contribution in [0.25, 0.3) is 6.08 Å². The number of methoxy groups -OCH3 is 2. The number of allylic oxidation sites excluding steroid dienone is 3. The van der Waals surface area contributed by atoms with Gasteiger partial charge in [-0.15, -0.1) is 11.3 Å². The largest absolute Gasteiger partial charge is 0.469 e. The molecular weight excluding hydrogens is 424 g/mol. The van der Waals surface area contributed by atoms with Crippen LogP contribution in [0.15, 0.2) is 53.1 Å². The van der Waals surface area contributed by atoms with Gasteiger partial charge in [0.25, 0.3) is 0 Å². The van der Waals surface area contributed by atoms with Crippen molar-refractivity contribution < 1.29 is 19.1 Å². The first-order chi connectivity index (χ1) is 15.5. The van der Waals surface area contributed by atoms with Crippen molar-refractivity contribution in [2.45, 2.75) is 45.6 Å². The lowest BCUT2D eigenvalue weighted by molar-refractivity contribution is -0.143. The third-order valence-electron chi connectivity index (χ3n) is 5.46. The number of ether oxygens (including phenoxy) is 2. The topological polar surface area (TPSA) is 70.4 Å². The summed E-state index contributed by atoms with van der Waals surface area (Å²) in [6.45, 7) is 2.78. The van der Waals surface area contributed by atoms with E-state index in [1.165, 1.54) is 14.2 Å². The summed E-state index contributed by atoms with van der Waals surface area (Å²) < 4.78 is 12.0. The standard InChI is InChI=1S/C25H30N2O4S/c1-4-5-8-23-26-16-21(14-20(25(29)31-3)15-22-7-6-13-32-22)27(23)17-18-9-11-19(12-10-18)24(28)30-2/h6-7,9-11,13-14,16,19H,4-5,8,12,15,17H2,1-3H3/b20-14+. The monoisotopic (exact) mass is 454 g/mol. The number of hydrogen-bond donors (Lipinski definition) is 0. The highest BCUT2D eigenvalue weighted by molar-refractivity contribution is 7.09. The molecule has 0 bridgehead atoms. The Balaban J connectivity index is 1.89. The molecule has 1 atom stereocenters. The number of thiophene rings is 1. The molecule has 0 N–H and O–H groups in total. The second-order valence-corrected chi connectivity index (χ2v) is 8.74. The first-order valence-corrected chi connectivity index (χ1v) is 11.7. The minimum Gasteiger partial charge on any atom is -0.469 e. The molecule has 2 aromatic rings. The highest BCUT2D eigenvalue weighted by atomic mass is 32.1. The van der Waals surface area contributed by atoms with Crippen molar-refractivity contribution in [1.29, 1.82) is 0 Å². The molecule has 0 aliphatic heterocycles. The van der Waals surface area contributed by atoms with E-state index in [1.807, 2.05) is 41.9 Å². The van der Waals surface area contributed by atoms with Crippen molar-refractivity contribution in [1.82, 2.24) is 9.55 Å². The number of esters is 2. The van der Waals surface area contributed by atoms with E-state index in [-0.39, 0.29) is 17.9 Å². The van der Waals surface area contributed by atoms with E-state index in [1.54, 1.807) is 11.3 Å². The van der Waals surface area contributed by atoms with Crippen LogP contribution >= 0.6 is 11.3 Å². The molecule has 2 aromatic heterocycles. The summed E-state index contributed by atoms with van der Waals surface area (Å²) in [5.74, 6) is 0.201. The zero-order valence-electron chi connectivity index (χ0n) is 18.9. The second-order valence-electron chi connectivity index (χ2n) is 7.71. The average Bonchev–Trinajstić information content (AvgIpc) is 3.47. The minimum atomic E-state index is -0.334.